The van der Waals surface area contributed by atoms with Crippen molar-refractivity contribution < 1.29 is 4.42 Å². The zero-order chi connectivity index (χ0) is 13.8. The molecule has 3 aromatic rings. The summed E-state index contributed by atoms with van der Waals surface area (Å²) in [5.41, 5.74) is 3.09. The Morgan fingerprint density at radius 3 is 2.95 bits per heavy atom. The molecule has 0 bridgehead atoms. The molecule has 3 aromatic heterocycles. The largest absolute Gasteiger partial charge is 0.445 e. The number of oxazole rings is 1. The van der Waals surface area contributed by atoms with Gasteiger partial charge in [0.25, 0.3) is 0 Å². The fourth-order valence-corrected chi connectivity index (χ4v) is 1.99. The van der Waals surface area contributed by atoms with E-state index in [4.69, 9.17) is 4.42 Å². The lowest BCUT2D eigenvalue weighted by atomic mass is 10.1. The van der Waals surface area contributed by atoms with Gasteiger partial charge in [0.1, 0.15) is 5.76 Å². The first-order valence-electron chi connectivity index (χ1n) is 6.37. The standard InChI is InChI=1S/C14H15N5O/c1-10-5-17-13(20-10)9-16-7-12-8-18-19-14(12)11-3-2-4-15-6-11/h2-6,8,16H,7,9H2,1H3,(H,18,19). The molecule has 0 saturated heterocycles. The summed E-state index contributed by atoms with van der Waals surface area (Å²) in [6.07, 6.45) is 7.10. The average molecular weight is 269 g/mol. The third-order valence-electron chi connectivity index (χ3n) is 2.93. The van der Waals surface area contributed by atoms with Crippen molar-refractivity contribution in [1.29, 1.82) is 0 Å². The summed E-state index contributed by atoms with van der Waals surface area (Å²) in [5, 5.41) is 10.4. The molecular weight excluding hydrogens is 254 g/mol. The zero-order valence-corrected chi connectivity index (χ0v) is 11.1. The highest BCUT2D eigenvalue weighted by Crippen LogP contribution is 2.19. The first kappa shape index (κ1) is 12.6. The Kier molecular flexibility index (Phi) is 3.56. The van der Waals surface area contributed by atoms with Crippen LogP contribution in [0.2, 0.25) is 0 Å². The maximum Gasteiger partial charge on any atom is 0.208 e. The molecule has 0 fully saturated rings. The first-order chi connectivity index (χ1) is 9.83. The number of aromatic nitrogens is 4. The number of hydrogen-bond acceptors (Lipinski definition) is 5. The van der Waals surface area contributed by atoms with Crippen molar-refractivity contribution in [3.63, 3.8) is 0 Å². The van der Waals surface area contributed by atoms with Crippen LogP contribution < -0.4 is 5.32 Å². The average Bonchev–Trinajstić information content (AvgIpc) is 3.09. The summed E-state index contributed by atoms with van der Waals surface area (Å²) < 4.78 is 5.41. The van der Waals surface area contributed by atoms with Crippen LogP contribution >= 0.6 is 0 Å². The van der Waals surface area contributed by atoms with Gasteiger partial charge in [-0.3, -0.25) is 10.1 Å². The van der Waals surface area contributed by atoms with Crippen LogP contribution in [0.1, 0.15) is 17.2 Å². The van der Waals surface area contributed by atoms with Crippen LogP contribution in [-0.4, -0.2) is 20.2 Å². The Morgan fingerprint density at radius 2 is 2.20 bits per heavy atom. The SMILES string of the molecule is Cc1cnc(CNCc2cn[nH]c2-c2cccnc2)o1. The van der Waals surface area contributed by atoms with E-state index in [0.29, 0.717) is 19.0 Å². The third kappa shape index (κ3) is 2.75. The van der Waals surface area contributed by atoms with E-state index in [0.717, 1.165) is 22.6 Å². The number of nitrogens with zero attached hydrogens (tertiary/aromatic N) is 3. The van der Waals surface area contributed by atoms with Crippen LogP contribution in [0.3, 0.4) is 0 Å². The zero-order valence-electron chi connectivity index (χ0n) is 11.1. The Balaban J connectivity index is 1.65. The van der Waals surface area contributed by atoms with Gasteiger partial charge in [-0.15, -0.1) is 0 Å². The fourth-order valence-electron chi connectivity index (χ4n) is 1.99. The molecule has 0 aliphatic heterocycles. The van der Waals surface area contributed by atoms with Crippen molar-refractivity contribution in [2.24, 2.45) is 0 Å². The molecule has 0 aliphatic rings. The van der Waals surface area contributed by atoms with E-state index in [2.05, 4.69) is 25.5 Å². The summed E-state index contributed by atoms with van der Waals surface area (Å²) in [4.78, 5) is 8.27. The maximum absolute atomic E-state index is 5.41. The number of aromatic amines is 1. The van der Waals surface area contributed by atoms with Gasteiger partial charge < -0.3 is 9.73 Å². The van der Waals surface area contributed by atoms with Crippen molar-refractivity contribution in [3.8, 4) is 11.3 Å². The molecule has 0 radical (unpaired) electrons. The highest BCUT2D eigenvalue weighted by atomic mass is 16.4. The van der Waals surface area contributed by atoms with Gasteiger partial charge in [-0.05, 0) is 19.1 Å². The van der Waals surface area contributed by atoms with Gasteiger partial charge in [0.15, 0.2) is 0 Å². The topological polar surface area (TPSA) is 79.6 Å². The third-order valence-corrected chi connectivity index (χ3v) is 2.93. The number of rotatable bonds is 5. The van der Waals surface area contributed by atoms with Crippen LogP contribution in [0.5, 0.6) is 0 Å². The predicted octanol–water partition coefficient (Wildman–Crippen LogP) is 2.06. The van der Waals surface area contributed by atoms with Crippen LogP contribution in [0.15, 0.2) is 41.3 Å². The smallest absolute Gasteiger partial charge is 0.208 e. The van der Waals surface area contributed by atoms with E-state index < -0.39 is 0 Å². The van der Waals surface area contributed by atoms with Crippen molar-refractivity contribution >= 4 is 0 Å². The molecular formula is C14H15N5O. The molecule has 3 heterocycles. The highest BCUT2D eigenvalue weighted by molar-refractivity contribution is 5.61. The lowest BCUT2D eigenvalue weighted by Gasteiger charge is -2.03. The molecule has 6 nitrogen and oxygen atoms in total. The summed E-state index contributed by atoms with van der Waals surface area (Å²) in [7, 11) is 0. The Morgan fingerprint density at radius 1 is 1.25 bits per heavy atom. The van der Waals surface area contributed by atoms with E-state index in [1.165, 1.54) is 0 Å². The van der Waals surface area contributed by atoms with E-state index in [1.807, 2.05) is 31.5 Å². The number of nitrogens with one attached hydrogen (secondary N) is 2. The van der Waals surface area contributed by atoms with Gasteiger partial charge in [0.2, 0.25) is 5.89 Å². The predicted molar refractivity (Wildman–Crippen MR) is 73.6 cm³/mol. The second-order valence-electron chi connectivity index (χ2n) is 4.48. The van der Waals surface area contributed by atoms with E-state index in [9.17, 15) is 0 Å². The lowest BCUT2D eigenvalue weighted by molar-refractivity contribution is 0.449. The Hall–Kier alpha value is -2.47. The molecule has 0 aromatic carbocycles. The highest BCUT2D eigenvalue weighted by Gasteiger charge is 2.08. The van der Waals surface area contributed by atoms with Crippen molar-refractivity contribution in [3.05, 3.63) is 54.1 Å². The lowest BCUT2D eigenvalue weighted by Crippen LogP contribution is -2.13. The van der Waals surface area contributed by atoms with E-state index in [1.54, 1.807) is 12.4 Å². The van der Waals surface area contributed by atoms with Crippen LogP contribution in [0.25, 0.3) is 11.3 Å². The minimum absolute atomic E-state index is 0.589. The molecule has 0 unspecified atom stereocenters. The van der Waals surface area contributed by atoms with Gasteiger partial charge >= 0.3 is 0 Å². The van der Waals surface area contributed by atoms with Crippen molar-refractivity contribution in [2.75, 3.05) is 0 Å². The van der Waals surface area contributed by atoms with Crippen molar-refractivity contribution in [1.82, 2.24) is 25.5 Å². The molecule has 0 atom stereocenters. The Bertz CT molecular complexity index is 674. The van der Waals surface area contributed by atoms with Gasteiger partial charge in [0, 0.05) is 30.1 Å². The van der Waals surface area contributed by atoms with Crippen LogP contribution in [0, 0.1) is 6.92 Å². The minimum atomic E-state index is 0.589. The number of H-pyrrole nitrogens is 1. The van der Waals surface area contributed by atoms with Gasteiger partial charge in [-0.25, -0.2) is 4.98 Å². The summed E-state index contributed by atoms with van der Waals surface area (Å²) in [6, 6.07) is 3.91. The normalized spacial score (nSPS) is 10.8. The number of pyridine rings is 1. The van der Waals surface area contributed by atoms with E-state index >= 15 is 0 Å². The molecule has 0 spiro atoms. The van der Waals surface area contributed by atoms with E-state index in [-0.39, 0.29) is 0 Å². The van der Waals surface area contributed by atoms with Gasteiger partial charge in [-0.1, -0.05) is 0 Å². The summed E-state index contributed by atoms with van der Waals surface area (Å²) >= 11 is 0. The van der Waals surface area contributed by atoms with Gasteiger partial charge in [0.05, 0.1) is 24.6 Å². The van der Waals surface area contributed by atoms with Gasteiger partial charge in [-0.2, -0.15) is 5.10 Å². The summed E-state index contributed by atoms with van der Waals surface area (Å²) in [5.74, 6) is 1.51. The minimum Gasteiger partial charge on any atom is -0.445 e. The maximum atomic E-state index is 5.41. The second kappa shape index (κ2) is 5.66. The second-order valence-corrected chi connectivity index (χ2v) is 4.48. The first-order valence-corrected chi connectivity index (χ1v) is 6.37. The molecule has 20 heavy (non-hydrogen) atoms. The Labute approximate surface area is 116 Å². The van der Waals surface area contributed by atoms with Crippen LogP contribution in [-0.2, 0) is 13.1 Å². The molecule has 2 N–H and O–H groups in total. The molecule has 0 saturated carbocycles. The molecule has 0 amide bonds. The van der Waals surface area contributed by atoms with Crippen LogP contribution in [0.4, 0.5) is 0 Å². The monoisotopic (exact) mass is 269 g/mol. The van der Waals surface area contributed by atoms with Crippen molar-refractivity contribution in [2.45, 2.75) is 20.0 Å². The molecule has 102 valence electrons. The number of hydrogen-bond donors (Lipinski definition) is 2. The quantitative estimate of drug-likeness (QED) is 0.741. The molecule has 6 heteroatoms. The summed E-state index contributed by atoms with van der Waals surface area (Å²) in [6.45, 7) is 3.15. The molecule has 0 aliphatic carbocycles. The fraction of sp³-hybridized carbons (Fsp3) is 0.214. The number of aryl methyl sites for hydroxylation is 1. The molecule has 3 rings (SSSR count).